The van der Waals surface area contributed by atoms with Gasteiger partial charge in [0.05, 0.1) is 5.69 Å². The Morgan fingerprint density at radius 2 is 1.13 bits per heavy atom. The molecule has 170 valence electrons. The Labute approximate surface area is 181 Å². The third kappa shape index (κ3) is 10.8. The van der Waals surface area contributed by atoms with E-state index in [1.807, 2.05) is 0 Å². The number of rotatable bonds is 21. The van der Waals surface area contributed by atoms with Crippen molar-refractivity contribution in [1.82, 2.24) is 4.90 Å². The minimum absolute atomic E-state index is 0.361. The Morgan fingerprint density at radius 1 is 0.667 bits per heavy atom. The number of hydrogen-bond donors (Lipinski definition) is 1. The summed E-state index contributed by atoms with van der Waals surface area (Å²) in [6.45, 7) is 5.55. The van der Waals surface area contributed by atoms with Crippen molar-refractivity contribution in [3.63, 3.8) is 0 Å². The molecule has 0 unspecified atom stereocenters. The first-order chi connectivity index (χ1) is 14.6. The number of unbranched alkanes of at least 4 members (excludes halogenated alkanes) is 10. The summed E-state index contributed by atoms with van der Waals surface area (Å²) in [5, 5.41) is 3.12. The van der Waals surface area contributed by atoms with Gasteiger partial charge in [0.2, 0.25) is 10.9 Å². The van der Waals surface area contributed by atoms with Crippen molar-refractivity contribution in [2.45, 2.75) is 90.4 Å². The quantitative estimate of drug-likeness (QED) is 0.185. The maximum Gasteiger partial charge on any atom is 0.249 e. The van der Waals surface area contributed by atoms with E-state index >= 15 is 0 Å². The van der Waals surface area contributed by atoms with E-state index in [-0.39, 0.29) is 10.9 Å². The van der Waals surface area contributed by atoms with Crippen molar-refractivity contribution in [2.75, 3.05) is 31.5 Å². The van der Waals surface area contributed by atoms with Crippen LogP contribution in [-0.4, -0.2) is 43.7 Å². The van der Waals surface area contributed by atoms with E-state index in [1.54, 1.807) is 6.92 Å². The summed E-state index contributed by atoms with van der Waals surface area (Å²) in [6.07, 6.45) is 15.7. The average molecular weight is 421 g/mol. The number of carbonyl (C=O) groups excluding carboxylic acids is 2. The molecule has 0 amide bonds. The van der Waals surface area contributed by atoms with Crippen LogP contribution in [0.3, 0.4) is 0 Å². The largest absolute Gasteiger partial charge is 0.381 e. The van der Waals surface area contributed by atoms with Crippen LogP contribution < -0.4 is 16.2 Å². The molecule has 0 heterocycles. The van der Waals surface area contributed by atoms with Crippen LogP contribution in [0.5, 0.6) is 0 Å². The fraction of sp³-hybridized carbons (Fsp3) is 0.750. The number of nitrogens with one attached hydrogen (secondary N) is 1. The second-order valence-electron chi connectivity index (χ2n) is 8.23. The van der Waals surface area contributed by atoms with Gasteiger partial charge in [-0.25, -0.2) is 0 Å². The van der Waals surface area contributed by atoms with Gasteiger partial charge in [0, 0.05) is 24.9 Å². The van der Waals surface area contributed by atoms with Crippen molar-refractivity contribution in [3.05, 3.63) is 26.0 Å². The van der Waals surface area contributed by atoms with E-state index < -0.39 is 0 Å². The zero-order valence-electron chi connectivity index (χ0n) is 18.8. The molecule has 0 atom stereocenters. The van der Waals surface area contributed by atoms with Crippen molar-refractivity contribution in [3.8, 4) is 0 Å². The monoisotopic (exact) mass is 420 g/mol. The minimum Gasteiger partial charge on any atom is -0.381 e. The fourth-order valence-electron chi connectivity index (χ4n) is 3.76. The van der Waals surface area contributed by atoms with Gasteiger partial charge in [-0.15, -0.1) is 0 Å². The molecule has 1 aromatic carbocycles. The Kier molecular flexibility index (Phi) is 14.8. The molecule has 30 heavy (non-hydrogen) atoms. The lowest BCUT2D eigenvalue weighted by Crippen LogP contribution is -2.37. The normalized spacial score (nSPS) is 11.3. The molecule has 0 aliphatic carbocycles. The molecule has 0 bridgehead atoms. The van der Waals surface area contributed by atoms with Crippen molar-refractivity contribution in [2.24, 2.45) is 0 Å². The van der Waals surface area contributed by atoms with E-state index in [0.717, 1.165) is 64.3 Å². The molecule has 6 heteroatoms. The molecule has 0 radical (unpaired) electrons. The molecule has 0 aliphatic heterocycles. The van der Waals surface area contributed by atoms with Gasteiger partial charge in [-0.05, 0) is 58.7 Å². The molecule has 0 saturated heterocycles. The predicted molar refractivity (Wildman–Crippen MR) is 123 cm³/mol. The minimum atomic E-state index is -0.381. The maximum absolute atomic E-state index is 11.5. The maximum atomic E-state index is 11.5. The Bertz CT molecular complexity index is 642. The number of aldehydes is 2. The van der Waals surface area contributed by atoms with E-state index in [2.05, 4.69) is 10.2 Å². The zero-order valence-corrected chi connectivity index (χ0v) is 18.8. The number of carbonyl (C=O) groups is 2. The first kappa shape index (κ1) is 26.2. The summed E-state index contributed by atoms with van der Waals surface area (Å²) >= 11 is 0. The summed E-state index contributed by atoms with van der Waals surface area (Å²) in [7, 11) is 0. The highest BCUT2D eigenvalue weighted by Gasteiger charge is 2.15. The molecule has 0 aliphatic rings. The van der Waals surface area contributed by atoms with Crippen molar-refractivity contribution >= 4 is 18.3 Å². The third-order valence-electron chi connectivity index (χ3n) is 5.69. The molecule has 1 N–H and O–H groups in total. The second-order valence-corrected chi connectivity index (χ2v) is 8.23. The van der Waals surface area contributed by atoms with Crippen LogP contribution in [0.2, 0.25) is 0 Å². The average Bonchev–Trinajstić information content (AvgIpc) is 2.76. The highest BCUT2D eigenvalue weighted by Crippen LogP contribution is 2.10. The Morgan fingerprint density at radius 3 is 1.63 bits per heavy atom. The molecule has 0 aromatic heterocycles. The van der Waals surface area contributed by atoms with Gasteiger partial charge in [0.25, 0.3) is 0 Å². The number of anilines is 1. The molecule has 0 fully saturated rings. The van der Waals surface area contributed by atoms with Crippen LogP contribution in [0.25, 0.3) is 0 Å². The van der Waals surface area contributed by atoms with Gasteiger partial charge in [-0.3, -0.25) is 9.59 Å². The molecular formula is C24H40N2O4. The number of nitrogens with zero attached hydrogens (tertiary/aromatic N) is 1. The van der Waals surface area contributed by atoms with Crippen LogP contribution in [0.4, 0.5) is 5.69 Å². The number of hydrogen-bond acceptors (Lipinski definition) is 6. The van der Waals surface area contributed by atoms with Gasteiger partial charge in [0.1, 0.15) is 12.6 Å². The highest BCUT2D eigenvalue weighted by molar-refractivity contribution is 5.55. The Hall–Kier alpha value is -1.82. The lowest BCUT2D eigenvalue weighted by atomic mass is 10.1. The molecule has 1 rings (SSSR count). The molecule has 6 nitrogen and oxygen atoms in total. The predicted octanol–water partition coefficient (Wildman–Crippen LogP) is 3.77. The van der Waals surface area contributed by atoms with Gasteiger partial charge in [-0.1, -0.05) is 38.5 Å². The Balaban J connectivity index is 2.24. The van der Waals surface area contributed by atoms with Crippen molar-refractivity contribution in [1.29, 1.82) is 0 Å². The van der Waals surface area contributed by atoms with Crippen LogP contribution in [0.1, 0.15) is 89.0 Å². The van der Waals surface area contributed by atoms with Crippen molar-refractivity contribution < 1.29 is 9.59 Å². The topological polar surface area (TPSA) is 83.6 Å². The standard InChI is InChI=1S/C24H40N2O4/c1-21-22(24(30)23(21)29)25-15-14-18-26(16-10-6-2-4-8-12-19-27)17-11-7-3-5-9-13-20-28/h19-20,25H,2-18H2,1H3. The molecule has 0 saturated carbocycles. The lowest BCUT2D eigenvalue weighted by Gasteiger charge is -2.23. The SMILES string of the molecule is Cc1c(NCCCN(CCCCCCCC=O)CCCCCCCC=O)c(=O)c1=O. The van der Waals surface area contributed by atoms with Gasteiger partial charge in [-0.2, -0.15) is 0 Å². The fourth-order valence-corrected chi connectivity index (χ4v) is 3.76. The van der Waals surface area contributed by atoms with Gasteiger partial charge < -0.3 is 19.8 Å². The molecule has 0 spiro atoms. The van der Waals surface area contributed by atoms with Gasteiger partial charge >= 0.3 is 0 Å². The zero-order chi connectivity index (χ0) is 22.0. The highest BCUT2D eigenvalue weighted by atomic mass is 16.2. The van der Waals surface area contributed by atoms with E-state index in [0.29, 0.717) is 30.6 Å². The summed E-state index contributed by atoms with van der Waals surface area (Å²) in [4.78, 5) is 46.0. The van der Waals surface area contributed by atoms with E-state index in [4.69, 9.17) is 0 Å². The van der Waals surface area contributed by atoms with Gasteiger partial charge in [0.15, 0.2) is 0 Å². The van der Waals surface area contributed by atoms with Crippen LogP contribution in [0, 0.1) is 6.92 Å². The first-order valence-corrected chi connectivity index (χ1v) is 11.7. The van der Waals surface area contributed by atoms with E-state index in [9.17, 15) is 19.2 Å². The lowest BCUT2D eigenvalue weighted by molar-refractivity contribution is -0.108. The second kappa shape index (κ2) is 16.9. The summed E-state index contributed by atoms with van der Waals surface area (Å²) in [5.41, 5.74) is 0.312. The third-order valence-corrected chi connectivity index (χ3v) is 5.69. The van der Waals surface area contributed by atoms with Crippen LogP contribution in [-0.2, 0) is 9.59 Å². The smallest absolute Gasteiger partial charge is 0.249 e. The van der Waals surface area contributed by atoms with E-state index in [1.165, 1.54) is 38.5 Å². The molecular weight excluding hydrogens is 380 g/mol. The first-order valence-electron chi connectivity index (χ1n) is 11.7. The summed E-state index contributed by atoms with van der Waals surface area (Å²) < 4.78 is 0. The van der Waals surface area contributed by atoms with Crippen LogP contribution >= 0.6 is 0 Å². The summed E-state index contributed by atoms with van der Waals surface area (Å²) in [5.74, 6) is 0. The summed E-state index contributed by atoms with van der Waals surface area (Å²) in [6, 6.07) is 0. The molecule has 1 aromatic rings. The van der Waals surface area contributed by atoms with Crippen LogP contribution in [0.15, 0.2) is 9.59 Å².